The first-order chi connectivity index (χ1) is 15.5. The van der Waals surface area contributed by atoms with Crippen molar-refractivity contribution >= 4 is 34.7 Å². The summed E-state index contributed by atoms with van der Waals surface area (Å²) >= 11 is 1.43. The van der Waals surface area contributed by atoms with Crippen molar-refractivity contribution < 1.29 is 14.4 Å². The molecular weight excluding hydrogens is 424 g/mol. The zero-order valence-electron chi connectivity index (χ0n) is 18.3. The normalized spacial score (nSPS) is 23.6. The van der Waals surface area contributed by atoms with Crippen LogP contribution in [0.2, 0.25) is 0 Å². The molecule has 2 fully saturated rings. The maximum Gasteiger partial charge on any atom is 0.264 e. The van der Waals surface area contributed by atoms with Crippen LogP contribution in [0.4, 0.5) is 5.69 Å². The molecule has 7 nitrogen and oxygen atoms in total. The van der Waals surface area contributed by atoms with E-state index >= 15 is 0 Å². The quantitative estimate of drug-likeness (QED) is 0.664. The Morgan fingerprint density at radius 3 is 2.78 bits per heavy atom. The number of carbonyl (C=O) groups excluding carboxylic acids is 3. The van der Waals surface area contributed by atoms with Crippen LogP contribution in [-0.2, 0) is 11.3 Å². The van der Waals surface area contributed by atoms with E-state index in [9.17, 15) is 14.4 Å². The second kappa shape index (κ2) is 8.65. The second-order valence-corrected chi connectivity index (χ2v) is 9.96. The van der Waals surface area contributed by atoms with Crippen molar-refractivity contribution in [2.45, 2.75) is 51.6 Å². The van der Waals surface area contributed by atoms with E-state index in [4.69, 9.17) is 0 Å². The maximum absolute atomic E-state index is 13.3. The minimum Gasteiger partial charge on any atom is -0.370 e. The first-order valence-electron chi connectivity index (χ1n) is 11.5. The summed E-state index contributed by atoms with van der Waals surface area (Å²) in [5, 5.41) is 2.58. The monoisotopic (exact) mass is 452 g/mol. The molecule has 0 saturated carbocycles. The zero-order chi connectivity index (χ0) is 22.2. The van der Waals surface area contributed by atoms with Gasteiger partial charge in [-0.1, -0.05) is 6.07 Å². The molecule has 1 aromatic carbocycles. The standard InChI is InChI=1S/C24H28N4O3S/c1-16-6-2-3-12-27(16)22(29)17-7-5-11-26(14-17)19-9-4-8-18-21(19)24(31)28(23(18)30)15-20-25-10-13-32-20/h4,8-10,13,16-17H,2-3,5-7,11-12,14-15H2,1H3/t16-,17+/m1/s1. The van der Waals surface area contributed by atoms with Crippen LogP contribution in [-0.4, -0.2) is 58.2 Å². The number of piperidine rings is 2. The van der Waals surface area contributed by atoms with Crippen LogP contribution in [0.5, 0.6) is 0 Å². The summed E-state index contributed by atoms with van der Waals surface area (Å²) in [4.78, 5) is 49.3. The summed E-state index contributed by atoms with van der Waals surface area (Å²) in [5.41, 5.74) is 1.68. The second-order valence-electron chi connectivity index (χ2n) is 8.98. The lowest BCUT2D eigenvalue weighted by Gasteiger charge is -2.40. The maximum atomic E-state index is 13.3. The number of likely N-dealkylation sites (tertiary alicyclic amines) is 1. The topological polar surface area (TPSA) is 73.8 Å². The van der Waals surface area contributed by atoms with Crippen LogP contribution >= 0.6 is 11.3 Å². The third-order valence-corrected chi connectivity index (χ3v) is 7.72. The molecular formula is C24H28N4O3S. The predicted octanol–water partition coefficient (Wildman–Crippen LogP) is 3.56. The summed E-state index contributed by atoms with van der Waals surface area (Å²) in [6, 6.07) is 5.77. The van der Waals surface area contributed by atoms with Gasteiger partial charge in [-0.05, 0) is 51.2 Å². The highest BCUT2D eigenvalue weighted by Crippen LogP contribution is 2.35. The van der Waals surface area contributed by atoms with E-state index < -0.39 is 0 Å². The number of fused-ring (bicyclic) bond motifs is 1. The number of benzene rings is 1. The van der Waals surface area contributed by atoms with Crippen LogP contribution < -0.4 is 4.90 Å². The fourth-order valence-electron chi connectivity index (χ4n) is 5.25. The molecule has 0 bridgehead atoms. The van der Waals surface area contributed by atoms with Gasteiger partial charge < -0.3 is 9.80 Å². The number of thiazole rings is 1. The molecule has 2 saturated heterocycles. The lowest BCUT2D eigenvalue weighted by atomic mass is 9.93. The number of amides is 3. The van der Waals surface area contributed by atoms with E-state index in [-0.39, 0.29) is 30.2 Å². The van der Waals surface area contributed by atoms with Crippen LogP contribution in [0.3, 0.4) is 0 Å². The summed E-state index contributed by atoms with van der Waals surface area (Å²) in [5.74, 6) is -0.371. The van der Waals surface area contributed by atoms with Gasteiger partial charge in [0.1, 0.15) is 5.01 Å². The average Bonchev–Trinajstić information content (AvgIpc) is 3.42. The molecule has 0 N–H and O–H groups in total. The summed E-state index contributed by atoms with van der Waals surface area (Å²) < 4.78 is 0. The molecule has 2 atom stereocenters. The summed E-state index contributed by atoms with van der Waals surface area (Å²) in [6.45, 7) is 4.55. The van der Waals surface area contributed by atoms with E-state index in [0.717, 1.165) is 49.5 Å². The van der Waals surface area contributed by atoms with Crippen LogP contribution in [0, 0.1) is 5.92 Å². The van der Waals surface area contributed by atoms with E-state index in [1.54, 1.807) is 12.3 Å². The molecule has 168 valence electrons. The molecule has 5 rings (SSSR count). The molecule has 2 aromatic rings. The minimum atomic E-state index is -0.270. The van der Waals surface area contributed by atoms with E-state index in [2.05, 4.69) is 21.7 Å². The number of imide groups is 1. The number of nitrogens with zero attached hydrogens (tertiary/aromatic N) is 4. The SMILES string of the molecule is C[C@@H]1CCCCN1C(=O)[C@H]1CCCN(c2cccc3c2C(=O)N(Cc2nccs2)C3=O)C1. The lowest BCUT2D eigenvalue weighted by molar-refractivity contribution is -0.139. The molecule has 3 amide bonds. The Hall–Kier alpha value is -2.74. The van der Waals surface area contributed by atoms with Crippen molar-refractivity contribution in [3.63, 3.8) is 0 Å². The van der Waals surface area contributed by atoms with Gasteiger partial charge in [0.2, 0.25) is 5.91 Å². The van der Waals surface area contributed by atoms with E-state index in [1.807, 2.05) is 17.5 Å². The number of rotatable bonds is 4. The zero-order valence-corrected chi connectivity index (χ0v) is 19.1. The molecule has 8 heteroatoms. The predicted molar refractivity (Wildman–Crippen MR) is 123 cm³/mol. The van der Waals surface area contributed by atoms with Gasteiger partial charge in [-0.3, -0.25) is 19.3 Å². The van der Waals surface area contributed by atoms with Crippen molar-refractivity contribution in [3.8, 4) is 0 Å². The van der Waals surface area contributed by atoms with Crippen LogP contribution in [0.1, 0.15) is 64.8 Å². The number of hydrogen-bond acceptors (Lipinski definition) is 6. The van der Waals surface area contributed by atoms with Gasteiger partial charge in [0.15, 0.2) is 0 Å². The van der Waals surface area contributed by atoms with Crippen molar-refractivity contribution in [1.29, 1.82) is 0 Å². The van der Waals surface area contributed by atoms with Gasteiger partial charge in [-0.25, -0.2) is 4.98 Å². The van der Waals surface area contributed by atoms with Gasteiger partial charge >= 0.3 is 0 Å². The summed E-state index contributed by atoms with van der Waals surface area (Å²) in [7, 11) is 0. The van der Waals surface area contributed by atoms with Crippen molar-refractivity contribution in [1.82, 2.24) is 14.8 Å². The van der Waals surface area contributed by atoms with Gasteiger partial charge in [0.25, 0.3) is 11.8 Å². The van der Waals surface area contributed by atoms with Crippen LogP contribution in [0.25, 0.3) is 0 Å². The van der Waals surface area contributed by atoms with Gasteiger partial charge in [-0.15, -0.1) is 11.3 Å². The van der Waals surface area contributed by atoms with Gasteiger partial charge in [-0.2, -0.15) is 0 Å². The molecule has 4 heterocycles. The molecule has 0 spiro atoms. The molecule has 1 aromatic heterocycles. The fraction of sp³-hybridized carbons (Fsp3) is 0.500. The number of anilines is 1. The highest BCUT2D eigenvalue weighted by molar-refractivity contribution is 7.09. The van der Waals surface area contributed by atoms with Crippen molar-refractivity contribution in [2.75, 3.05) is 24.5 Å². The number of hydrogen-bond donors (Lipinski definition) is 0. The Balaban J connectivity index is 1.38. The third-order valence-electron chi connectivity index (χ3n) is 6.95. The van der Waals surface area contributed by atoms with Gasteiger partial charge in [0.05, 0.1) is 29.3 Å². The summed E-state index contributed by atoms with van der Waals surface area (Å²) in [6.07, 6.45) is 6.78. The lowest BCUT2D eigenvalue weighted by Crippen LogP contribution is -2.49. The Labute approximate surface area is 192 Å². The first-order valence-corrected chi connectivity index (χ1v) is 12.4. The average molecular weight is 453 g/mol. The van der Waals surface area contributed by atoms with E-state index in [0.29, 0.717) is 23.7 Å². The fourth-order valence-corrected chi connectivity index (χ4v) is 5.85. The number of carbonyl (C=O) groups is 3. The molecule has 0 aliphatic carbocycles. The Kier molecular flexibility index (Phi) is 5.71. The molecule has 0 unspecified atom stereocenters. The van der Waals surface area contributed by atoms with Crippen LogP contribution in [0.15, 0.2) is 29.8 Å². The molecule has 3 aliphatic rings. The van der Waals surface area contributed by atoms with Crippen molar-refractivity contribution in [2.24, 2.45) is 5.92 Å². The molecule has 3 aliphatic heterocycles. The van der Waals surface area contributed by atoms with Gasteiger partial charge in [0, 0.05) is 37.3 Å². The third kappa shape index (κ3) is 3.70. The Morgan fingerprint density at radius 1 is 1.12 bits per heavy atom. The smallest absolute Gasteiger partial charge is 0.264 e. The molecule has 32 heavy (non-hydrogen) atoms. The Bertz CT molecular complexity index is 1040. The van der Waals surface area contributed by atoms with E-state index in [1.165, 1.54) is 22.7 Å². The Morgan fingerprint density at radius 2 is 2.00 bits per heavy atom. The molecule has 0 radical (unpaired) electrons. The highest BCUT2D eigenvalue weighted by atomic mass is 32.1. The largest absolute Gasteiger partial charge is 0.370 e. The van der Waals surface area contributed by atoms with Crippen molar-refractivity contribution in [3.05, 3.63) is 45.9 Å². The number of aromatic nitrogens is 1. The first kappa shape index (κ1) is 21.1. The highest BCUT2D eigenvalue weighted by Gasteiger charge is 2.40. The minimum absolute atomic E-state index is 0.0706.